The van der Waals surface area contributed by atoms with E-state index in [1.54, 1.807) is 18.3 Å². The predicted molar refractivity (Wildman–Crippen MR) is 147 cm³/mol. The molecule has 1 aliphatic rings. The Labute approximate surface area is 229 Å². The number of hydrogen-bond acceptors (Lipinski definition) is 9. The van der Waals surface area contributed by atoms with Crippen molar-refractivity contribution in [1.29, 1.82) is 0 Å². The van der Waals surface area contributed by atoms with E-state index in [9.17, 15) is 24.6 Å². The van der Waals surface area contributed by atoms with Crippen molar-refractivity contribution in [3.05, 3.63) is 21.7 Å². The molecule has 1 aromatic rings. The number of hydrogen-bond donors (Lipinski definition) is 4. The van der Waals surface area contributed by atoms with E-state index in [1.807, 2.05) is 26.3 Å². The summed E-state index contributed by atoms with van der Waals surface area (Å²) >= 11 is 1.61. The Balaban J connectivity index is 1.91. The van der Waals surface area contributed by atoms with E-state index in [1.165, 1.54) is 20.8 Å². The molecule has 4 N–H and O–H groups in total. The Morgan fingerprint density at radius 3 is 2.42 bits per heavy atom. The van der Waals surface area contributed by atoms with E-state index in [0.717, 1.165) is 22.7 Å². The fourth-order valence-corrected chi connectivity index (χ4v) is 5.45. The quantitative estimate of drug-likeness (QED) is 0.226. The number of carboxylic acid groups (broad SMARTS) is 1. The number of carboxylic acids is 1. The van der Waals surface area contributed by atoms with Gasteiger partial charge in [-0.2, -0.15) is 0 Å². The lowest BCUT2D eigenvalue weighted by molar-refractivity contribution is -0.147. The molecule has 2 heterocycles. The van der Waals surface area contributed by atoms with Gasteiger partial charge < -0.3 is 25.4 Å². The molecule has 0 aliphatic carbocycles. The van der Waals surface area contributed by atoms with Crippen LogP contribution < -0.4 is 5.32 Å². The van der Waals surface area contributed by atoms with Gasteiger partial charge in [-0.05, 0) is 46.7 Å². The topological polar surface area (TPSA) is 149 Å². The first-order chi connectivity index (χ1) is 17.5. The summed E-state index contributed by atoms with van der Waals surface area (Å²) in [6.45, 7) is 12.0. The van der Waals surface area contributed by atoms with Crippen LogP contribution in [-0.4, -0.2) is 74.8 Å². The van der Waals surface area contributed by atoms with Crippen LogP contribution in [-0.2, 0) is 19.1 Å². The number of ether oxygens (including phenoxy) is 1. The van der Waals surface area contributed by atoms with Crippen molar-refractivity contribution in [2.75, 3.05) is 7.05 Å². The van der Waals surface area contributed by atoms with Gasteiger partial charge in [0.15, 0.2) is 0 Å². The molecule has 0 aromatic carbocycles. The molecule has 38 heavy (non-hydrogen) atoms. The summed E-state index contributed by atoms with van der Waals surface area (Å²) in [7, 11) is 1.91. The Hall–Kier alpha value is -1.98. The highest BCUT2D eigenvalue weighted by atomic mass is 32.1. The van der Waals surface area contributed by atoms with Gasteiger partial charge in [0, 0.05) is 29.7 Å². The number of nitrogens with zero attached hydrogens (tertiary/aromatic N) is 1. The first-order valence-corrected chi connectivity index (χ1v) is 14.0. The molecular formula is C28H44N2O7S. The molecule has 214 valence electrons. The number of rotatable bonds is 16. The van der Waals surface area contributed by atoms with Crippen LogP contribution >= 0.6 is 11.3 Å². The van der Waals surface area contributed by atoms with E-state index < -0.39 is 53.2 Å². The zero-order chi connectivity index (χ0) is 29.0. The Kier molecular flexibility index (Phi) is 11.0. The lowest BCUT2D eigenvalue weighted by Gasteiger charge is -2.33. The maximum absolute atomic E-state index is 13.0. The minimum absolute atomic E-state index is 0.00877. The van der Waals surface area contributed by atoms with Crippen LogP contribution in [0.25, 0.3) is 6.08 Å². The van der Waals surface area contributed by atoms with Crippen molar-refractivity contribution in [2.45, 2.75) is 104 Å². The van der Waals surface area contributed by atoms with Crippen LogP contribution in [0.2, 0.25) is 0 Å². The number of epoxide rings is 1. The van der Waals surface area contributed by atoms with Gasteiger partial charge in [-0.15, -0.1) is 11.3 Å². The summed E-state index contributed by atoms with van der Waals surface area (Å²) < 4.78 is 5.99. The van der Waals surface area contributed by atoms with E-state index in [-0.39, 0.29) is 24.3 Å². The van der Waals surface area contributed by atoms with Gasteiger partial charge in [-0.25, -0.2) is 4.98 Å². The maximum atomic E-state index is 13.0. The first kappa shape index (κ1) is 32.2. The zero-order valence-electron chi connectivity index (χ0n) is 23.8. The van der Waals surface area contributed by atoms with Crippen molar-refractivity contribution in [3.8, 4) is 0 Å². The summed E-state index contributed by atoms with van der Waals surface area (Å²) in [4.78, 5) is 41.4. The van der Waals surface area contributed by atoms with Gasteiger partial charge in [0.1, 0.15) is 11.6 Å². The third kappa shape index (κ3) is 8.02. The number of aliphatic hydroxyl groups excluding tert-OH is 2. The van der Waals surface area contributed by atoms with Crippen LogP contribution in [0.15, 0.2) is 11.0 Å². The molecule has 0 radical (unpaired) electrons. The predicted octanol–water partition coefficient (Wildman–Crippen LogP) is 3.40. The second kappa shape index (κ2) is 12.9. The molecule has 1 saturated heterocycles. The lowest BCUT2D eigenvalue weighted by atomic mass is 9.73. The normalized spacial score (nSPS) is 23.8. The SMILES string of the molecule is CNC(CC1OC1(C)CCC(=O)C(C)C(O)C(C)C(=O)C(C)(C)C(O)CC(=O)O)/C(C)=C/c1csc(C)n1. The average Bonchev–Trinajstić information content (AvgIpc) is 3.31. The molecule has 2 rings (SSSR count). The Morgan fingerprint density at radius 2 is 1.89 bits per heavy atom. The van der Waals surface area contributed by atoms with Crippen LogP contribution in [0.1, 0.15) is 77.9 Å². The fraction of sp³-hybridized carbons (Fsp3) is 0.714. The lowest BCUT2D eigenvalue weighted by Crippen LogP contribution is -2.46. The fourth-order valence-electron chi connectivity index (χ4n) is 4.88. The molecule has 0 bridgehead atoms. The summed E-state index contributed by atoms with van der Waals surface area (Å²) in [6.07, 6.45) is 0.298. The molecular weight excluding hydrogens is 508 g/mol. The van der Waals surface area contributed by atoms with Gasteiger partial charge in [-0.1, -0.05) is 33.3 Å². The second-order valence-electron chi connectivity index (χ2n) is 11.4. The summed E-state index contributed by atoms with van der Waals surface area (Å²) in [5, 5.41) is 36.3. The first-order valence-electron chi connectivity index (χ1n) is 13.1. The molecule has 0 amide bonds. The number of thiazole rings is 1. The number of ketones is 2. The van der Waals surface area contributed by atoms with Gasteiger partial charge in [0.05, 0.1) is 46.5 Å². The highest BCUT2D eigenvalue weighted by molar-refractivity contribution is 7.09. The zero-order valence-corrected chi connectivity index (χ0v) is 24.6. The average molecular weight is 553 g/mol. The third-order valence-corrected chi connectivity index (χ3v) is 8.84. The van der Waals surface area contributed by atoms with E-state index in [4.69, 9.17) is 9.84 Å². The number of aromatic nitrogens is 1. The molecule has 7 unspecified atom stereocenters. The van der Waals surface area contributed by atoms with Crippen LogP contribution in [0.4, 0.5) is 0 Å². The van der Waals surface area contributed by atoms with Crippen LogP contribution in [0.5, 0.6) is 0 Å². The monoisotopic (exact) mass is 552 g/mol. The van der Waals surface area contributed by atoms with Gasteiger partial charge in [0.2, 0.25) is 0 Å². The number of likely N-dealkylation sites (N-methyl/N-ethyl adjacent to an activating group) is 1. The Morgan fingerprint density at radius 1 is 1.26 bits per heavy atom. The summed E-state index contributed by atoms with van der Waals surface area (Å²) in [6, 6.07) is 0.104. The van der Waals surface area contributed by atoms with Gasteiger partial charge in [0.25, 0.3) is 0 Å². The molecule has 1 fully saturated rings. The largest absolute Gasteiger partial charge is 0.481 e. The molecule has 0 saturated carbocycles. The van der Waals surface area contributed by atoms with Gasteiger partial charge in [-0.3, -0.25) is 14.4 Å². The standard InChI is InChI=1S/C28H44N2O7S/c1-15(11-19-14-38-18(4)30-19)20(29-8)12-23-28(7,37-23)10-9-21(31)16(2)25(35)17(3)26(36)27(5,6)22(32)13-24(33)34/h11,14,16-17,20,22-23,25,29,32,35H,9-10,12-13H2,1-8H3,(H,33,34)/b15-11+. The van der Waals surface area contributed by atoms with E-state index >= 15 is 0 Å². The summed E-state index contributed by atoms with van der Waals surface area (Å²) in [5.74, 6) is -3.60. The highest BCUT2D eigenvalue weighted by Crippen LogP contribution is 2.44. The smallest absolute Gasteiger partial charge is 0.306 e. The number of carbonyl (C=O) groups is 3. The van der Waals surface area contributed by atoms with E-state index in [0.29, 0.717) is 6.42 Å². The number of nitrogens with one attached hydrogen (secondary N) is 1. The molecule has 1 aliphatic heterocycles. The number of aryl methyl sites for hydroxylation is 1. The molecule has 10 heteroatoms. The molecule has 1 aromatic heterocycles. The molecule has 9 nitrogen and oxygen atoms in total. The van der Waals surface area contributed by atoms with Crippen molar-refractivity contribution in [3.63, 3.8) is 0 Å². The van der Waals surface area contributed by atoms with Crippen LogP contribution in [0, 0.1) is 24.2 Å². The third-order valence-electron chi connectivity index (χ3n) is 8.05. The number of aliphatic hydroxyl groups is 2. The minimum Gasteiger partial charge on any atom is -0.481 e. The number of carbonyl (C=O) groups excluding carboxylic acids is 2. The van der Waals surface area contributed by atoms with Crippen molar-refractivity contribution in [1.82, 2.24) is 10.3 Å². The van der Waals surface area contributed by atoms with Crippen molar-refractivity contribution >= 4 is 34.9 Å². The highest BCUT2D eigenvalue weighted by Gasteiger charge is 2.52. The Bertz CT molecular complexity index is 1040. The number of aliphatic carboxylic acids is 1. The molecule has 0 spiro atoms. The summed E-state index contributed by atoms with van der Waals surface area (Å²) in [5.41, 5.74) is 0.282. The molecule has 7 atom stereocenters. The maximum Gasteiger partial charge on any atom is 0.306 e. The van der Waals surface area contributed by atoms with E-state index in [2.05, 4.69) is 23.3 Å². The number of Topliss-reactive ketones (excluding diaryl/α,β-unsaturated/α-hetero) is 2. The minimum atomic E-state index is -1.40. The van der Waals surface area contributed by atoms with Crippen molar-refractivity contribution < 1.29 is 34.4 Å². The second-order valence-corrected chi connectivity index (χ2v) is 12.5. The van der Waals surface area contributed by atoms with Gasteiger partial charge >= 0.3 is 5.97 Å². The van der Waals surface area contributed by atoms with Crippen LogP contribution in [0.3, 0.4) is 0 Å². The van der Waals surface area contributed by atoms with Crippen molar-refractivity contribution in [2.24, 2.45) is 17.3 Å².